The first kappa shape index (κ1) is 21.4. The van der Waals surface area contributed by atoms with E-state index in [0.29, 0.717) is 35.8 Å². The lowest BCUT2D eigenvalue weighted by Crippen LogP contribution is -2.55. The van der Waals surface area contributed by atoms with Gasteiger partial charge in [-0.15, -0.1) is 0 Å². The van der Waals surface area contributed by atoms with Gasteiger partial charge in [-0.2, -0.15) is 0 Å². The fourth-order valence-electron chi connectivity index (χ4n) is 4.10. The highest BCUT2D eigenvalue weighted by atomic mass is 35.5. The van der Waals surface area contributed by atoms with E-state index < -0.39 is 37.1 Å². The predicted molar refractivity (Wildman–Crippen MR) is 109 cm³/mol. The van der Waals surface area contributed by atoms with Crippen molar-refractivity contribution < 1.29 is 34.6 Å². The number of aliphatic hydroxyl groups excluding tert-OH is 4. The standard InChI is InChI=1S/C22H25ClO7/c1-28-13-4-2-11(3-5-13)8-12-9-15(21-14(17(12)23)6-7-29-21)22-20(27)19(26)18(25)16(10-24)30-22/h2-5,9,16,18-20,22,24-27H,6-8,10H2,1H3. The maximum absolute atomic E-state index is 10.6. The molecule has 2 aromatic carbocycles. The van der Waals surface area contributed by atoms with E-state index in [1.54, 1.807) is 7.11 Å². The number of ether oxygens (including phenoxy) is 3. The predicted octanol–water partition coefficient (Wildman–Crippen LogP) is 1.39. The van der Waals surface area contributed by atoms with E-state index in [9.17, 15) is 20.4 Å². The van der Waals surface area contributed by atoms with Gasteiger partial charge in [0.2, 0.25) is 0 Å². The van der Waals surface area contributed by atoms with Crippen LogP contribution in [0.15, 0.2) is 30.3 Å². The molecular weight excluding hydrogens is 412 g/mol. The van der Waals surface area contributed by atoms with Crippen molar-refractivity contribution in [2.75, 3.05) is 20.3 Å². The summed E-state index contributed by atoms with van der Waals surface area (Å²) in [5.74, 6) is 1.29. The van der Waals surface area contributed by atoms with E-state index in [-0.39, 0.29) is 0 Å². The zero-order valence-electron chi connectivity index (χ0n) is 16.5. The summed E-state index contributed by atoms with van der Waals surface area (Å²) in [6, 6.07) is 9.46. The van der Waals surface area contributed by atoms with Crippen molar-refractivity contribution in [1.82, 2.24) is 0 Å². The van der Waals surface area contributed by atoms with Gasteiger partial charge in [0.15, 0.2) is 0 Å². The lowest BCUT2D eigenvalue weighted by atomic mass is 9.88. The van der Waals surface area contributed by atoms with Crippen molar-refractivity contribution >= 4 is 11.6 Å². The molecule has 0 aromatic heterocycles. The SMILES string of the molecule is COc1ccc(Cc2cc(C3OC(CO)C(O)C(O)C3O)c3c(c2Cl)CCO3)cc1. The molecule has 7 nitrogen and oxygen atoms in total. The molecule has 2 aliphatic heterocycles. The van der Waals surface area contributed by atoms with Crippen LogP contribution < -0.4 is 9.47 Å². The van der Waals surface area contributed by atoms with Crippen molar-refractivity contribution in [1.29, 1.82) is 0 Å². The highest BCUT2D eigenvalue weighted by molar-refractivity contribution is 6.32. The van der Waals surface area contributed by atoms with Crippen molar-refractivity contribution in [2.45, 2.75) is 43.4 Å². The maximum atomic E-state index is 10.6. The van der Waals surface area contributed by atoms with Gasteiger partial charge >= 0.3 is 0 Å². The minimum absolute atomic E-state index is 0.450. The van der Waals surface area contributed by atoms with E-state index in [4.69, 9.17) is 25.8 Å². The Morgan fingerprint density at radius 2 is 1.83 bits per heavy atom. The van der Waals surface area contributed by atoms with Crippen LogP contribution in [-0.4, -0.2) is 65.2 Å². The zero-order valence-corrected chi connectivity index (χ0v) is 17.2. The van der Waals surface area contributed by atoms with Gasteiger partial charge in [0.25, 0.3) is 0 Å². The van der Waals surface area contributed by atoms with Crippen molar-refractivity contribution in [3.8, 4) is 11.5 Å². The minimum Gasteiger partial charge on any atom is -0.497 e. The van der Waals surface area contributed by atoms with E-state index in [1.807, 2.05) is 30.3 Å². The largest absolute Gasteiger partial charge is 0.497 e. The van der Waals surface area contributed by atoms with Gasteiger partial charge in [0.05, 0.1) is 25.3 Å². The van der Waals surface area contributed by atoms with Crippen LogP contribution in [0, 0.1) is 0 Å². The summed E-state index contributed by atoms with van der Waals surface area (Å²) in [6.07, 6.45) is -5.06. The lowest BCUT2D eigenvalue weighted by molar-refractivity contribution is -0.232. The molecule has 30 heavy (non-hydrogen) atoms. The Kier molecular flexibility index (Phi) is 6.20. The molecule has 8 heteroatoms. The maximum Gasteiger partial charge on any atom is 0.130 e. The highest BCUT2D eigenvalue weighted by Crippen LogP contribution is 2.45. The molecule has 0 aliphatic carbocycles. The molecule has 0 spiro atoms. The van der Waals surface area contributed by atoms with Crippen LogP contribution in [0.4, 0.5) is 0 Å². The van der Waals surface area contributed by atoms with Crippen molar-refractivity contribution in [3.05, 3.63) is 57.6 Å². The summed E-state index contributed by atoms with van der Waals surface area (Å²) in [5, 5.41) is 41.0. The molecule has 0 saturated carbocycles. The summed E-state index contributed by atoms with van der Waals surface area (Å²) >= 11 is 6.68. The highest BCUT2D eigenvalue weighted by Gasteiger charge is 2.45. The number of hydrogen-bond donors (Lipinski definition) is 4. The molecular formula is C22H25ClO7. The van der Waals surface area contributed by atoms with Gasteiger partial charge in [-0.05, 0) is 35.7 Å². The van der Waals surface area contributed by atoms with Crippen LogP contribution in [0.5, 0.6) is 11.5 Å². The second kappa shape index (κ2) is 8.70. The molecule has 162 valence electrons. The molecule has 2 aromatic rings. The number of hydrogen-bond acceptors (Lipinski definition) is 7. The summed E-state index contributed by atoms with van der Waals surface area (Å²) in [6.45, 7) is -0.0394. The summed E-state index contributed by atoms with van der Waals surface area (Å²) in [5.41, 5.74) is 3.23. The second-order valence-corrected chi connectivity index (χ2v) is 8.00. The summed E-state index contributed by atoms with van der Waals surface area (Å²) in [7, 11) is 1.61. The summed E-state index contributed by atoms with van der Waals surface area (Å²) < 4.78 is 16.7. The van der Waals surface area contributed by atoms with Crippen LogP contribution in [0.3, 0.4) is 0 Å². The summed E-state index contributed by atoms with van der Waals surface area (Å²) in [4.78, 5) is 0. The number of halogens is 1. The molecule has 1 saturated heterocycles. The molecule has 2 heterocycles. The van der Waals surface area contributed by atoms with Crippen molar-refractivity contribution in [2.24, 2.45) is 0 Å². The first-order chi connectivity index (χ1) is 14.4. The molecule has 1 fully saturated rings. The van der Waals surface area contributed by atoms with E-state index >= 15 is 0 Å². The third-order valence-electron chi connectivity index (χ3n) is 5.76. The number of methoxy groups -OCH3 is 1. The molecule has 4 rings (SSSR count). The van der Waals surface area contributed by atoms with Crippen LogP contribution in [0.25, 0.3) is 0 Å². The smallest absolute Gasteiger partial charge is 0.130 e. The molecule has 0 bridgehead atoms. The number of fused-ring (bicyclic) bond motifs is 1. The molecule has 4 N–H and O–H groups in total. The number of rotatable bonds is 5. The van der Waals surface area contributed by atoms with Crippen molar-refractivity contribution in [3.63, 3.8) is 0 Å². The van der Waals surface area contributed by atoms with E-state index in [2.05, 4.69) is 0 Å². The average Bonchev–Trinajstić information content (AvgIpc) is 3.26. The Bertz CT molecular complexity index is 899. The lowest BCUT2D eigenvalue weighted by Gasteiger charge is -2.40. The van der Waals surface area contributed by atoms with Crippen LogP contribution in [0.2, 0.25) is 5.02 Å². The second-order valence-electron chi connectivity index (χ2n) is 7.62. The Morgan fingerprint density at radius 1 is 1.10 bits per heavy atom. The van der Waals surface area contributed by atoms with Gasteiger partial charge in [0.1, 0.15) is 42.0 Å². The van der Waals surface area contributed by atoms with Gasteiger partial charge in [-0.25, -0.2) is 0 Å². The normalized spacial score (nSPS) is 28.1. The first-order valence-electron chi connectivity index (χ1n) is 9.85. The average molecular weight is 437 g/mol. The van der Waals surface area contributed by atoms with E-state index in [0.717, 1.165) is 22.4 Å². The van der Waals surface area contributed by atoms with Gasteiger partial charge in [0, 0.05) is 17.5 Å². The Balaban J connectivity index is 1.73. The van der Waals surface area contributed by atoms with Gasteiger partial charge in [-0.3, -0.25) is 0 Å². The zero-order chi connectivity index (χ0) is 21.4. The molecule has 5 unspecified atom stereocenters. The monoisotopic (exact) mass is 436 g/mol. The van der Waals surface area contributed by atoms with Gasteiger partial charge in [-0.1, -0.05) is 23.7 Å². The topological polar surface area (TPSA) is 109 Å². The minimum atomic E-state index is -1.46. The third kappa shape index (κ3) is 3.77. The Hall–Kier alpha value is -1.87. The van der Waals surface area contributed by atoms with Crippen LogP contribution in [-0.2, 0) is 17.6 Å². The van der Waals surface area contributed by atoms with Gasteiger partial charge < -0.3 is 34.6 Å². The molecule has 5 atom stereocenters. The van der Waals surface area contributed by atoms with Crippen LogP contribution in [0.1, 0.15) is 28.4 Å². The number of aliphatic hydroxyl groups is 4. The number of benzene rings is 2. The van der Waals surface area contributed by atoms with E-state index in [1.165, 1.54) is 0 Å². The van der Waals surface area contributed by atoms with Crippen LogP contribution >= 0.6 is 11.6 Å². The molecule has 0 radical (unpaired) electrons. The third-order valence-corrected chi connectivity index (χ3v) is 6.23. The fraction of sp³-hybridized carbons (Fsp3) is 0.455. The fourth-order valence-corrected chi connectivity index (χ4v) is 4.40. The first-order valence-corrected chi connectivity index (χ1v) is 10.2. The molecule has 2 aliphatic rings. The molecule has 0 amide bonds. The quantitative estimate of drug-likeness (QED) is 0.561. The Morgan fingerprint density at radius 3 is 2.50 bits per heavy atom. The Labute approximate surface area is 179 Å².